The first-order chi connectivity index (χ1) is 11.9. The van der Waals surface area contributed by atoms with E-state index >= 15 is 0 Å². The average Bonchev–Trinajstić information content (AvgIpc) is 2.65. The van der Waals surface area contributed by atoms with Gasteiger partial charge >= 0.3 is 0 Å². The molecule has 0 aromatic heterocycles. The lowest BCUT2D eigenvalue weighted by molar-refractivity contribution is -0.139. The second kappa shape index (κ2) is 7.83. The molecule has 0 aliphatic rings. The normalized spacial score (nSPS) is 10.9. The zero-order chi connectivity index (χ0) is 18.4. The van der Waals surface area contributed by atoms with Crippen molar-refractivity contribution in [2.75, 3.05) is 19.1 Å². The highest BCUT2D eigenvalue weighted by Gasteiger charge is 2.38. The van der Waals surface area contributed by atoms with Gasteiger partial charge in [0.15, 0.2) is 0 Å². The summed E-state index contributed by atoms with van der Waals surface area (Å²) in [7, 11) is 3.28. The van der Waals surface area contributed by atoms with Crippen LogP contribution < -0.4 is 15.0 Å². The molecule has 2 aromatic rings. The molecule has 0 bridgehead atoms. The summed E-state index contributed by atoms with van der Waals surface area (Å²) in [6.45, 7) is 3.63. The molecule has 5 nitrogen and oxygen atoms in total. The minimum Gasteiger partial charge on any atom is -0.497 e. The number of methoxy groups -OCH3 is 1. The van der Waals surface area contributed by atoms with Crippen molar-refractivity contribution in [2.45, 2.75) is 20.4 Å². The van der Waals surface area contributed by atoms with Gasteiger partial charge in [0.1, 0.15) is 11.2 Å². The quantitative estimate of drug-likeness (QED) is 0.823. The molecule has 0 atom stereocenters. The number of amides is 2. The summed E-state index contributed by atoms with van der Waals surface area (Å²) >= 11 is 0. The molecule has 2 amide bonds. The highest BCUT2D eigenvalue weighted by molar-refractivity contribution is 6.10. The molecule has 0 radical (unpaired) electrons. The topological polar surface area (TPSA) is 58.6 Å². The third-order valence-electron chi connectivity index (χ3n) is 4.16. The Hall–Kier alpha value is -2.82. The SMILES string of the molecule is COc1ccc(CNC(=O)C(C)(C)C(=O)N(C)c2ccccc2)cc1. The van der Waals surface area contributed by atoms with Gasteiger partial charge in [-0.15, -0.1) is 0 Å². The van der Waals surface area contributed by atoms with E-state index in [9.17, 15) is 9.59 Å². The van der Waals surface area contributed by atoms with Crippen LogP contribution in [0.2, 0.25) is 0 Å². The van der Waals surface area contributed by atoms with Crippen LogP contribution in [0.5, 0.6) is 5.75 Å². The molecule has 0 unspecified atom stereocenters. The number of nitrogens with one attached hydrogen (secondary N) is 1. The van der Waals surface area contributed by atoms with Crippen LogP contribution in [0.15, 0.2) is 54.6 Å². The third-order valence-corrected chi connectivity index (χ3v) is 4.16. The van der Waals surface area contributed by atoms with Crippen LogP contribution in [0.3, 0.4) is 0 Å². The number of carbonyl (C=O) groups is 2. The van der Waals surface area contributed by atoms with Gasteiger partial charge in [0.2, 0.25) is 11.8 Å². The van der Waals surface area contributed by atoms with Crippen molar-refractivity contribution in [3.05, 3.63) is 60.2 Å². The van der Waals surface area contributed by atoms with Gasteiger partial charge in [-0.25, -0.2) is 0 Å². The number of anilines is 1. The van der Waals surface area contributed by atoms with Gasteiger partial charge < -0.3 is 15.0 Å². The van der Waals surface area contributed by atoms with E-state index < -0.39 is 5.41 Å². The molecule has 0 fully saturated rings. The number of hydrogen-bond acceptors (Lipinski definition) is 3. The Bertz CT molecular complexity index is 724. The Morgan fingerprint density at radius 1 is 1.04 bits per heavy atom. The zero-order valence-corrected chi connectivity index (χ0v) is 15.1. The standard InChI is InChI=1S/C20H24N2O3/c1-20(2,19(24)22(3)16-8-6-5-7-9-16)18(23)21-14-15-10-12-17(25-4)13-11-15/h5-13H,14H2,1-4H3,(H,21,23). The lowest BCUT2D eigenvalue weighted by atomic mass is 9.90. The molecule has 25 heavy (non-hydrogen) atoms. The van der Waals surface area contributed by atoms with E-state index in [2.05, 4.69) is 5.32 Å². The molecule has 2 rings (SSSR count). The Morgan fingerprint density at radius 3 is 2.20 bits per heavy atom. The Kier molecular flexibility index (Phi) is 5.80. The van der Waals surface area contributed by atoms with Crippen molar-refractivity contribution in [1.82, 2.24) is 5.32 Å². The van der Waals surface area contributed by atoms with Gasteiger partial charge in [-0.1, -0.05) is 30.3 Å². The Labute approximate surface area is 148 Å². The number of para-hydroxylation sites is 1. The molecule has 0 aliphatic carbocycles. The van der Waals surface area contributed by atoms with Crippen molar-refractivity contribution < 1.29 is 14.3 Å². The summed E-state index contributed by atoms with van der Waals surface area (Å²) in [5.74, 6) is 0.192. The molecule has 0 aliphatic heterocycles. The van der Waals surface area contributed by atoms with E-state index in [1.807, 2.05) is 54.6 Å². The maximum atomic E-state index is 12.8. The van der Waals surface area contributed by atoms with Crippen molar-refractivity contribution in [1.29, 1.82) is 0 Å². The first kappa shape index (κ1) is 18.5. The number of benzene rings is 2. The van der Waals surface area contributed by atoms with Gasteiger partial charge in [-0.2, -0.15) is 0 Å². The summed E-state index contributed by atoms with van der Waals surface area (Å²) in [6.07, 6.45) is 0. The predicted octanol–water partition coefficient (Wildman–Crippen LogP) is 3.00. The highest BCUT2D eigenvalue weighted by Crippen LogP contribution is 2.23. The van der Waals surface area contributed by atoms with E-state index in [0.29, 0.717) is 6.54 Å². The van der Waals surface area contributed by atoms with Crippen molar-refractivity contribution in [3.63, 3.8) is 0 Å². The van der Waals surface area contributed by atoms with Crippen molar-refractivity contribution in [3.8, 4) is 5.75 Å². The van der Waals surface area contributed by atoms with Gasteiger partial charge in [0.25, 0.3) is 0 Å². The summed E-state index contributed by atoms with van der Waals surface area (Å²) in [6, 6.07) is 16.7. The first-order valence-corrected chi connectivity index (χ1v) is 8.10. The van der Waals surface area contributed by atoms with Crippen LogP contribution in [-0.2, 0) is 16.1 Å². The van der Waals surface area contributed by atoms with Crippen LogP contribution in [0, 0.1) is 5.41 Å². The summed E-state index contributed by atoms with van der Waals surface area (Å²) in [4.78, 5) is 26.8. The second-order valence-corrected chi connectivity index (χ2v) is 6.36. The summed E-state index contributed by atoms with van der Waals surface area (Å²) < 4.78 is 5.11. The molecule has 2 aromatic carbocycles. The van der Waals surface area contributed by atoms with Crippen molar-refractivity contribution >= 4 is 17.5 Å². The average molecular weight is 340 g/mol. The van der Waals surface area contributed by atoms with Gasteiger partial charge in [-0.05, 0) is 43.7 Å². The van der Waals surface area contributed by atoms with Crippen LogP contribution >= 0.6 is 0 Å². The van der Waals surface area contributed by atoms with Gasteiger partial charge in [0, 0.05) is 19.3 Å². The molecule has 5 heteroatoms. The largest absolute Gasteiger partial charge is 0.497 e. The maximum absolute atomic E-state index is 12.8. The predicted molar refractivity (Wildman–Crippen MR) is 98.5 cm³/mol. The van der Waals surface area contributed by atoms with Crippen LogP contribution in [0.25, 0.3) is 0 Å². The lowest BCUT2D eigenvalue weighted by Crippen LogP contribution is -2.48. The molecular formula is C20H24N2O3. The minimum atomic E-state index is -1.17. The van der Waals surface area contributed by atoms with E-state index in [1.54, 1.807) is 28.0 Å². The number of hydrogen-bond donors (Lipinski definition) is 1. The van der Waals surface area contributed by atoms with Gasteiger partial charge in [-0.3, -0.25) is 9.59 Å². The fraction of sp³-hybridized carbons (Fsp3) is 0.300. The molecule has 0 saturated heterocycles. The molecule has 0 spiro atoms. The highest BCUT2D eigenvalue weighted by atomic mass is 16.5. The first-order valence-electron chi connectivity index (χ1n) is 8.10. The van der Waals surface area contributed by atoms with Crippen molar-refractivity contribution in [2.24, 2.45) is 5.41 Å². The molecule has 132 valence electrons. The lowest BCUT2D eigenvalue weighted by Gasteiger charge is -2.28. The van der Waals surface area contributed by atoms with Crippen LogP contribution in [0.4, 0.5) is 5.69 Å². The van der Waals surface area contributed by atoms with E-state index in [4.69, 9.17) is 4.74 Å². The number of nitrogens with zero attached hydrogens (tertiary/aromatic N) is 1. The summed E-state index contributed by atoms with van der Waals surface area (Å²) in [5, 5.41) is 2.84. The third kappa shape index (κ3) is 4.38. The minimum absolute atomic E-state index is 0.258. The number of carbonyl (C=O) groups excluding carboxylic acids is 2. The van der Waals surface area contributed by atoms with Crippen LogP contribution in [-0.4, -0.2) is 26.0 Å². The number of rotatable bonds is 6. The monoisotopic (exact) mass is 340 g/mol. The molecule has 0 saturated carbocycles. The fourth-order valence-corrected chi connectivity index (χ4v) is 2.43. The smallest absolute Gasteiger partial charge is 0.241 e. The summed E-state index contributed by atoms with van der Waals surface area (Å²) in [5.41, 5.74) is 0.522. The Balaban J connectivity index is 2.01. The van der Waals surface area contributed by atoms with E-state index in [-0.39, 0.29) is 11.8 Å². The Morgan fingerprint density at radius 2 is 1.64 bits per heavy atom. The van der Waals surface area contributed by atoms with Gasteiger partial charge in [0.05, 0.1) is 7.11 Å². The second-order valence-electron chi connectivity index (χ2n) is 6.36. The maximum Gasteiger partial charge on any atom is 0.241 e. The van der Waals surface area contributed by atoms with E-state index in [0.717, 1.165) is 17.0 Å². The molecular weight excluding hydrogens is 316 g/mol. The number of ether oxygens (including phenoxy) is 1. The fourth-order valence-electron chi connectivity index (χ4n) is 2.43. The van der Waals surface area contributed by atoms with Crippen LogP contribution in [0.1, 0.15) is 19.4 Å². The molecule has 1 N–H and O–H groups in total. The zero-order valence-electron chi connectivity index (χ0n) is 15.1. The van der Waals surface area contributed by atoms with E-state index in [1.165, 1.54) is 4.90 Å². The molecule has 0 heterocycles.